The molecule has 0 radical (unpaired) electrons. The van der Waals surface area contributed by atoms with Gasteiger partial charge in [0.2, 0.25) is 5.95 Å². The first-order valence-electron chi connectivity index (χ1n) is 6.35. The summed E-state index contributed by atoms with van der Waals surface area (Å²) in [5.74, 6) is 0.331. The molecule has 3 rings (SSSR count). The van der Waals surface area contributed by atoms with Gasteiger partial charge in [0.05, 0.1) is 10.4 Å². The highest BCUT2D eigenvalue weighted by Gasteiger charge is 2.11. The molecule has 0 saturated carbocycles. The van der Waals surface area contributed by atoms with Gasteiger partial charge < -0.3 is 11.1 Å². The average molecular weight is 323 g/mol. The molecule has 0 unspecified atom stereocenters. The molecule has 0 fully saturated rings. The molecule has 3 N–H and O–H groups in total. The lowest BCUT2D eigenvalue weighted by Gasteiger charge is -2.08. The zero-order valence-corrected chi connectivity index (χ0v) is 12.7. The maximum atomic E-state index is 13.2. The van der Waals surface area contributed by atoms with Crippen molar-refractivity contribution in [1.82, 2.24) is 9.97 Å². The van der Waals surface area contributed by atoms with Crippen LogP contribution in [0.15, 0.2) is 24.3 Å². The monoisotopic (exact) mass is 322 g/mol. The SMILES string of the molecule is CCc1cc2c(Nc3ccc(F)c(Cl)c3)nc(N)nc2s1. The van der Waals surface area contributed by atoms with E-state index in [2.05, 4.69) is 22.2 Å². The molecule has 0 saturated heterocycles. The van der Waals surface area contributed by atoms with Crippen molar-refractivity contribution < 1.29 is 4.39 Å². The van der Waals surface area contributed by atoms with E-state index in [1.807, 2.05) is 6.07 Å². The summed E-state index contributed by atoms with van der Waals surface area (Å²) in [6.45, 7) is 2.08. The van der Waals surface area contributed by atoms with E-state index in [1.54, 1.807) is 17.4 Å². The number of aryl methyl sites for hydroxylation is 1. The first-order valence-corrected chi connectivity index (χ1v) is 7.54. The predicted octanol–water partition coefficient (Wildman–Crippen LogP) is 4.37. The lowest BCUT2D eigenvalue weighted by molar-refractivity contribution is 0.628. The summed E-state index contributed by atoms with van der Waals surface area (Å²) in [4.78, 5) is 10.5. The van der Waals surface area contributed by atoms with E-state index in [0.717, 1.165) is 16.6 Å². The highest BCUT2D eigenvalue weighted by molar-refractivity contribution is 7.18. The van der Waals surface area contributed by atoms with Crippen LogP contribution in [-0.2, 0) is 6.42 Å². The van der Waals surface area contributed by atoms with Gasteiger partial charge >= 0.3 is 0 Å². The van der Waals surface area contributed by atoms with Crippen LogP contribution in [0.1, 0.15) is 11.8 Å². The van der Waals surface area contributed by atoms with E-state index >= 15 is 0 Å². The number of rotatable bonds is 3. The molecule has 2 aromatic heterocycles. The van der Waals surface area contributed by atoms with Gasteiger partial charge in [-0.25, -0.2) is 9.37 Å². The van der Waals surface area contributed by atoms with Gasteiger partial charge in [0.1, 0.15) is 16.5 Å². The quantitative estimate of drug-likeness (QED) is 0.751. The molecule has 7 heteroatoms. The van der Waals surface area contributed by atoms with E-state index in [-0.39, 0.29) is 11.0 Å². The number of fused-ring (bicyclic) bond motifs is 1. The minimum Gasteiger partial charge on any atom is -0.368 e. The van der Waals surface area contributed by atoms with Gasteiger partial charge in [-0.3, -0.25) is 0 Å². The van der Waals surface area contributed by atoms with Crippen LogP contribution in [0.2, 0.25) is 5.02 Å². The Bertz CT molecular complexity index is 818. The molecule has 0 bridgehead atoms. The van der Waals surface area contributed by atoms with E-state index in [0.29, 0.717) is 11.5 Å². The van der Waals surface area contributed by atoms with E-state index in [4.69, 9.17) is 17.3 Å². The van der Waals surface area contributed by atoms with Crippen LogP contribution in [0.25, 0.3) is 10.2 Å². The lowest BCUT2D eigenvalue weighted by atomic mass is 10.2. The number of hydrogen-bond donors (Lipinski definition) is 2. The topological polar surface area (TPSA) is 63.8 Å². The van der Waals surface area contributed by atoms with Crippen molar-refractivity contribution in [1.29, 1.82) is 0 Å². The number of benzene rings is 1. The van der Waals surface area contributed by atoms with Crippen molar-refractivity contribution in [3.8, 4) is 0 Å². The second-order valence-electron chi connectivity index (χ2n) is 4.47. The van der Waals surface area contributed by atoms with Gasteiger partial charge in [0.25, 0.3) is 0 Å². The van der Waals surface area contributed by atoms with Gasteiger partial charge in [-0.1, -0.05) is 18.5 Å². The Morgan fingerprint density at radius 2 is 2.14 bits per heavy atom. The third kappa shape index (κ3) is 2.77. The Labute approximate surface area is 129 Å². The maximum Gasteiger partial charge on any atom is 0.223 e. The van der Waals surface area contributed by atoms with Crippen LogP contribution in [-0.4, -0.2) is 9.97 Å². The molecule has 0 aliphatic carbocycles. The second kappa shape index (κ2) is 5.46. The summed E-state index contributed by atoms with van der Waals surface area (Å²) in [5, 5.41) is 4.07. The number of halogens is 2. The minimum atomic E-state index is -0.460. The number of nitrogens with one attached hydrogen (secondary N) is 1. The normalized spacial score (nSPS) is 11.0. The third-order valence-electron chi connectivity index (χ3n) is 2.99. The molecular weight excluding hydrogens is 311 g/mol. The Balaban J connectivity index is 2.06. The van der Waals surface area contributed by atoms with E-state index in [1.165, 1.54) is 17.0 Å². The standard InChI is InChI=1S/C14H12ClFN4S/c1-2-8-6-9-12(19-14(17)20-13(9)21-8)18-7-3-4-11(16)10(15)5-7/h3-6H,2H2,1H3,(H3,17,18,19,20). The fraction of sp³-hybridized carbons (Fsp3) is 0.143. The van der Waals surface area contributed by atoms with E-state index in [9.17, 15) is 4.39 Å². The molecule has 0 atom stereocenters. The van der Waals surface area contributed by atoms with Gasteiger partial charge in [0.15, 0.2) is 0 Å². The van der Waals surface area contributed by atoms with Crippen LogP contribution in [0.3, 0.4) is 0 Å². The summed E-state index contributed by atoms with van der Waals surface area (Å²) in [7, 11) is 0. The highest BCUT2D eigenvalue weighted by atomic mass is 35.5. The smallest absolute Gasteiger partial charge is 0.223 e. The first-order chi connectivity index (χ1) is 10.1. The second-order valence-corrected chi connectivity index (χ2v) is 5.99. The van der Waals surface area contributed by atoms with Crippen LogP contribution in [0, 0.1) is 5.82 Å². The summed E-state index contributed by atoms with van der Waals surface area (Å²) in [5.41, 5.74) is 6.39. The van der Waals surface area contributed by atoms with Gasteiger partial charge in [-0.15, -0.1) is 11.3 Å². The van der Waals surface area contributed by atoms with Crippen LogP contribution in [0.5, 0.6) is 0 Å². The van der Waals surface area contributed by atoms with Crippen molar-refractivity contribution in [3.63, 3.8) is 0 Å². The molecule has 3 aromatic rings. The van der Waals surface area contributed by atoms with Crippen molar-refractivity contribution in [2.24, 2.45) is 0 Å². The largest absolute Gasteiger partial charge is 0.368 e. The zero-order valence-electron chi connectivity index (χ0n) is 11.2. The molecule has 1 aromatic carbocycles. The number of nitrogen functional groups attached to an aromatic ring is 1. The Hall–Kier alpha value is -1.92. The molecule has 4 nitrogen and oxygen atoms in total. The van der Waals surface area contributed by atoms with Crippen LogP contribution < -0.4 is 11.1 Å². The van der Waals surface area contributed by atoms with Crippen LogP contribution >= 0.6 is 22.9 Å². The fourth-order valence-corrected chi connectivity index (χ4v) is 3.12. The Morgan fingerprint density at radius 3 is 2.86 bits per heavy atom. The van der Waals surface area contributed by atoms with Gasteiger partial charge in [-0.2, -0.15) is 4.98 Å². The predicted molar refractivity (Wildman–Crippen MR) is 85.9 cm³/mol. The summed E-state index contributed by atoms with van der Waals surface area (Å²) < 4.78 is 13.2. The molecule has 21 heavy (non-hydrogen) atoms. The Morgan fingerprint density at radius 1 is 1.33 bits per heavy atom. The zero-order chi connectivity index (χ0) is 15.0. The number of anilines is 3. The number of aromatic nitrogens is 2. The number of nitrogens with two attached hydrogens (primary N) is 1. The van der Waals surface area contributed by atoms with E-state index < -0.39 is 5.82 Å². The molecular formula is C14H12ClFN4S. The number of hydrogen-bond acceptors (Lipinski definition) is 5. The number of thiophene rings is 1. The summed E-state index contributed by atoms with van der Waals surface area (Å²) in [6.07, 6.45) is 0.919. The van der Waals surface area contributed by atoms with Crippen molar-refractivity contribution in [3.05, 3.63) is 40.0 Å². The van der Waals surface area contributed by atoms with Gasteiger partial charge in [-0.05, 0) is 30.7 Å². The molecule has 0 amide bonds. The summed E-state index contributed by atoms with van der Waals surface area (Å²) >= 11 is 7.37. The summed E-state index contributed by atoms with van der Waals surface area (Å²) in [6, 6.07) is 6.44. The fourth-order valence-electron chi connectivity index (χ4n) is 1.97. The van der Waals surface area contributed by atoms with Crippen molar-refractivity contribution >= 4 is 50.6 Å². The third-order valence-corrected chi connectivity index (χ3v) is 4.45. The molecule has 2 heterocycles. The lowest BCUT2D eigenvalue weighted by Crippen LogP contribution is -2.00. The van der Waals surface area contributed by atoms with Gasteiger partial charge in [0, 0.05) is 10.6 Å². The molecule has 0 spiro atoms. The van der Waals surface area contributed by atoms with Crippen molar-refractivity contribution in [2.75, 3.05) is 11.1 Å². The molecule has 0 aliphatic rings. The molecule has 108 valence electrons. The van der Waals surface area contributed by atoms with Crippen LogP contribution in [0.4, 0.5) is 21.8 Å². The Kier molecular flexibility index (Phi) is 3.65. The average Bonchev–Trinajstić information content (AvgIpc) is 2.86. The minimum absolute atomic E-state index is 0.0536. The van der Waals surface area contributed by atoms with Crippen molar-refractivity contribution in [2.45, 2.75) is 13.3 Å². The molecule has 0 aliphatic heterocycles. The highest BCUT2D eigenvalue weighted by Crippen LogP contribution is 2.32. The maximum absolute atomic E-state index is 13.2. The first kappa shape index (κ1) is 14.0. The number of nitrogens with zero attached hydrogens (tertiary/aromatic N) is 2.